The Morgan fingerprint density at radius 3 is 2.83 bits per heavy atom. The lowest BCUT2D eigenvalue weighted by Gasteiger charge is -2.24. The van der Waals surface area contributed by atoms with Gasteiger partial charge in [0.25, 0.3) is 0 Å². The summed E-state index contributed by atoms with van der Waals surface area (Å²) in [5.41, 5.74) is 2.49. The molecule has 1 aromatic heterocycles. The first-order valence-corrected chi connectivity index (χ1v) is 10.3. The van der Waals surface area contributed by atoms with Crippen LogP contribution in [0.25, 0.3) is 0 Å². The van der Waals surface area contributed by atoms with Gasteiger partial charge in [-0.1, -0.05) is 64.8 Å². The zero-order valence-corrected chi connectivity index (χ0v) is 17.9. The van der Waals surface area contributed by atoms with Gasteiger partial charge in [-0.3, -0.25) is 0 Å². The third kappa shape index (κ3) is 4.84. The molecule has 2 aromatic carbocycles. The fourth-order valence-corrected chi connectivity index (χ4v) is 3.85. The van der Waals surface area contributed by atoms with E-state index in [0.717, 1.165) is 16.8 Å². The number of nitrogens with zero attached hydrogens (tertiary/aromatic N) is 3. The predicted molar refractivity (Wildman–Crippen MR) is 116 cm³/mol. The van der Waals surface area contributed by atoms with Crippen LogP contribution in [0.15, 0.2) is 72.4 Å². The Morgan fingerprint density at radius 1 is 1.27 bits per heavy atom. The molecule has 30 heavy (non-hydrogen) atoms. The lowest BCUT2D eigenvalue weighted by molar-refractivity contribution is -0.167. The molecule has 4 rings (SSSR count). The molecule has 1 fully saturated rings. The maximum absolute atomic E-state index is 6.32. The molecule has 0 saturated carbocycles. The van der Waals surface area contributed by atoms with Crippen molar-refractivity contribution in [3.05, 3.63) is 88.4 Å². The van der Waals surface area contributed by atoms with E-state index in [1.807, 2.05) is 54.1 Å². The summed E-state index contributed by atoms with van der Waals surface area (Å²) in [5.74, 6) is -0.960. The molecule has 1 aliphatic rings. The van der Waals surface area contributed by atoms with E-state index in [2.05, 4.69) is 10.1 Å². The SMILES string of the molecule is CC1(c2ccc(Cl)cc2Cl)OCC(CO/N=C(\Cn2ccnc2)c2ccccc2)O1. The monoisotopic (exact) mass is 445 g/mol. The standard InChI is InChI=1S/C22H21Cl2N3O3/c1-22(19-8-7-17(23)11-20(19)24)28-13-18(30-22)14-29-26-21(12-27-10-9-25-15-27)16-5-3-2-4-6-16/h2-11,15,18H,12-14H2,1H3/b26-21+. The fourth-order valence-electron chi connectivity index (χ4n) is 3.27. The minimum Gasteiger partial charge on any atom is -0.393 e. The Kier molecular flexibility index (Phi) is 6.39. The van der Waals surface area contributed by atoms with Crippen LogP contribution in [-0.2, 0) is 26.6 Å². The molecule has 0 bridgehead atoms. The minimum atomic E-state index is -0.960. The highest BCUT2D eigenvalue weighted by Gasteiger charge is 2.40. The van der Waals surface area contributed by atoms with Gasteiger partial charge in [-0.05, 0) is 19.1 Å². The van der Waals surface area contributed by atoms with Crippen LogP contribution >= 0.6 is 23.2 Å². The summed E-state index contributed by atoms with van der Waals surface area (Å²) in [6.07, 6.45) is 5.08. The molecule has 156 valence electrons. The number of hydrogen-bond acceptors (Lipinski definition) is 5. The van der Waals surface area contributed by atoms with Gasteiger partial charge in [0.1, 0.15) is 18.4 Å². The molecular formula is C22H21Cl2N3O3. The van der Waals surface area contributed by atoms with Crippen LogP contribution in [0.2, 0.25) is 10.0 Å². The van der Waals surface area contributed by atoms with Crippen LogP contribution in [0.1, 0.15) is 18.1 Å². The van der Waals surface area contributed by atoms with Crippen LogP contribution in [0.3, 0.4) is 0 Å². The molecule has 2 atom stereocenters. The van der Waals surface area contributed by atoms with Gasteiger partial charge in [-0.15, -0.1) is 0 Å². The lowest BCUT2D eigenvalue weighted by Crippen LogP contribution is -2.26. The van der Waals surface area contributed by atoms with Gasteiger partial charge >= 0.3 is 0 Å². The Hall–Kier alpha value is -2.38. The van der Waals surface area contributed by atoms with E-state index in [4.69, 9.17) is 37.5 Å². The van der Waals surface area contributed by atoms with E-state index in [0.29, 0.717) is 23.2 Å². The summed E-state index contributed by atoms with van der Waals surface area (Å²) >= 11 is 12.3. The molecule has 0 spiro atoms. The number of rotatable bonds is 7. The molecule has 0 N–H and O–H groups in total. The van der Waals surface area contributed by atoms with Gasteiger partial charge in [-0.25, -0.2) is 4.98 Å². The average Bonchev–Trinajstić information content (AvgIpc) is 3.38. The third-order valence-corrected chi connectivity index (χ3v) is 5.34. The average molecular weight is 446 g/mol. The number of imidazole rings is 1. The van der Waals surface area contributed by atoms with Gasteiger partial charge in [0, 0.05) is 28.5 Å². The molecule has 0 radical (unpaired) electrons. The number of halogens is 2. The highest BCUT2D eigenvalue weighted by atomic mass is 35.5. The fraction of sp³-hybridized carbons (Fsp3) is 0.273. The molecular weight excluding hydrogens is 425 g/mol. The molecule has 8 heteroatoms. The van der Waals surface area contributed by atoms with Crippen LogP contribution < -0.4 is 0 Å². The maximum atomic E-state index is 6.32. The highest BCUT2D eigenvalue weighted by Crippen LogP contribution is 2.38. The third-order valence-electron chi connectivity index (χ3n) is 4.79. The van der Waals surface area contributed by atoms with E-state index in [-0.39, 0.29) is 12.7 Å². The molecule has 3 aromatic rings. The van der Waals surface area contributed by atoms with E-state index >= 15 is 0 Å². The smallest absolute Gasteiger partial charge is 0.194 e. The Labute approximate surface area is 185 Å². The van der Waals surface area contributed by atoms with Crippen molar-refractivity contribution in [3.8, 4) is 0 Å². The van der Waals surface area contributed by atoms with E-state index in [1.165, 1.54) is 0 Å². The predicted octanol–water partition coefficient (Wildman–Crippen LogP) is 4.90. The van der Waals surface area contributed by atoms with Crippen LogP contribution in [0.5, 0.6) is 0 Å². The van der Waals surface area contributed by atoms with Crippen molar-refractivity contribution in [2.24, 2.45) is 5.16 Å². The van der Waals surface area contributed by atoms with Crippen molar-refractivity contribution in [1.82, 2.24) is 9.55 Å². The minimum absolute atomic E-state index is 0.251. The number of aromatic nitrogens is 2. The molecule has 2 unspecified atom stereocenters. The highest BCUT2D eigenvalue weighted by molar-refractivity contribution is 6.35. The first kappa shape index (κ1) is 20.9. The molecule has 0 amide bonds. The zero-order chi connectivity index (χ0) is 21.0. The van der Waals surface area contributed by atoms with Crippen molar-refractivity contribution < 1.29 is 14.3 Å². The summed E-state index contributed by atoms with van der Waals surface area (Å²) in [6.45, 7) is 3.00. The normalized spacial score (nSPS) is 21.7. The Balaban J connectivity index is 1.42. The molecule has 1 aliphatic heterocycles. The van der Waals surface area contributed by atoms with Gasteiger partial charge < -0.3 is 18.9 Å². The van der Waals surface area contributed by atoms with Gasteiger partial charge in [0.05, 0.1) is 24.5 Å². The summed E-state index contributed by atoms with van der Waals surface area (Å²) in [7, 11) is 0. The summed E-state index contributed by atoms with van der Waals surface area (Å²) in [6, 6.07) is 15.1. The topological polar surface area (TPSA) is 57.9 Å². The van der Waals surface area contributed by atoms with Crippen LogP contribution in [-0.4, -0.2) is 34.6 Å². The Bertz CT molecular complexity index is 1010. The molecule has 2 heterocycles. The van der Waals surface area contributed by atoms with E-state index < -0.39 is 5.79 Å². The van der Waals surface area contributed by atoms with Crippen molar-refractivity contribution in [3.63, 3.8) is 0 Å². The number of benzene rings is 2. The summed E-state index contributed by atoms with van der Waals surface area (Å²) in [5, 5.41) is 5.43. The van der Waals surface area contributed by atoms with Gasteiger partial charge in [-0.2, -0.15) is 0 Å². The second kappa shape index (κ2) is 9.18. The van der Waals surface area contributed by atoms with Crippen molar-refractivity contribution in [1.29, 1.82) is 0 Å². The number of ether oxygens (including phenoxy) is 2. The lowest BCUT2D eigenvalue weighted by atomic mass is 10.1. The quantitative estimate of drug-likeness (QED) is 0.383. The summed E-state index contributed by atoms with van der Waals surface area (Å²) < 4.78 is 13.9. The van der Waals surface area contributed by atoms with Gasteiger partial charge in [0.15, 0.2) is 5.79 Å². The number of hydrogen-bond donors (Lipinski definition) is 0. The largest absolute Gasteiger partial charge is 0.393 e. The molecule has 1 saturated heterocycles. The molecule has 6 nitrogen and oxygen atoms in total. The zero-order valence-electron chi connectivity index (χ0n) is 16.4. The maximum Gasteiger partial charge on any atom is 0.194 e. The Morgan fingerprint density at radius 2 is 2.10 bits per heavy atom. The van der Waals surface area contributed by atoms with Crippen molar-refractivity contribution in [2.75, 3.05) is 13.2 Å². The number of oxime groups is 1. The second-order valence-electron chi connectivity index (χ2n) is 7.06. The summed E-state index contributed by atoms with van der Waals surface area (Å²) in [4.78, 5) is 9.74. The second-order valence-corrected chi connectivity index (χ2v) is 7.90. The van der Waals surface area contributed by atoms with Crippen LogP contribution in [0.4, 0.5) is 0 Å². The van der Waals surface area contributed by atoms with Gasteiger partial charge in [0.2, 0.25) is 0 Å². The van der Waals surface area contributed by atoms with Crippen LogP contribution in [0, 0.1) is 0 Å². The first-order chi connectivity index (χ1) is 14.5. The van der Waals surface area contributed by atoms with E-state index in [9.17, 15) is 0 Å². The van der Waals surface area contributed by atoms with Crippen molar-refractivity contribution in [2.45, 2.75) is 25.4 Å². The van der Waals surface area contributed by atoms with Crippen molar-refractivity contribution >= 4 is 28.9 Å². The first-order valence-electron chi connectivity index (χ1n) is 9.51. The molecule has 0 aliphatic carbocycles. The van der Waals surface area contributed by atoms with E-state index in [1.54, 1.807) is 24.7 Å².